The minimum atomic E-state index is -1.04. The Morgan fingerprint density at radius 3 is 2.44 bits per heavy atom. The van der Waals surface area contributed by atoms with Gasteiger partial charge in [0.1, 0.15) is 6.61 Å². The Kier molecular flexibility index (Phi) is 6.10. The van der Waals surface area contributed by atoms with Gasteiger partial charge in [0, 0.05) is 11.1 Å². The number of aliphatic hydroxyl groups is 1. The second kappa shape index (κ2) is 6.79. The van der Waals surface area contributed by atoms with Gasteiger partial charge in [-0.1, -0.05) is 12.7 Å². The summed E-state index contributed by atoms with van der Waals surface area (Å²) in [4.78, 5) is 21.4. The second-order valence-corrected chi connectivity index (χ2v) is 3.46. The van der Waals surface area contributed by atoms with Crippen molar-refractivity contribution in [1.82, 2.24) is 0 Å². The molecule has 5 nitrogen and oxygen atoms in total. The number of rotatable bonds is 6. The summed E-state index contributed by atoms with van der Waals surface area (Å²) in [5, 5.41) is 17.9. The van der Waals surface area contributed by atoms with E-state index in [4.69, 9.17) is 9.84 Å². The van der Waals surface area contributed by atoms with E-state index in [1.54, 1.807) is 0 Å². The zero-order valence-corrected chi connectivity index (χ0v) is 9.40. The molecule has 0 rings (SSSR count). The van der Waals surface area contributed by atoms with Crippen molar-refractivity contribution in [2.45, 2.75) is 26.4 Å². The van der Waals surface area contributed by atoms with E-state index < -0.39 is 18.0 Å². The van der Waals surface area contributed by atoms with Crippen LogP contribution in [0.25, 0.3) is 0 Å². The van der Waals surface area contributed by atoms with Gasteiger partial charge >= 0.3 is 11.9 Å². The van der Waals surface area contributed by atoms with Crippen molar-refractivity contribution < 1.29 is 24.5 Å². The maximum Gasteiger partial charge on any atom is 0.333 e. The summed E-state index contributed by atoms with van der Waals surface area (Å²) in [5.74, 6) is -1.61. The topological polar surface area (TPSA) is 83.8 Å². The molecule has 16 heavy (non-hydrogen) atoms. The fourth-order valence-corrected chi connectivity index (χ4v) is 0.763. The first-order valence-corrected chi connectivity index (χ1v) is 4.75. The summed E-state index contributed by atoms with van der Waals surface area (Å²) in [6, 6.07) is 0. The quantitative estimate of drug-likeness (QED) is 0.521. The molecule has 2 N–H and O–H groups in total. The number of carboxylic acids is 1. The predicted octanol–water partition coefficient (Wildman–Crippen LogP) is 0.888. The number of hydrogen-bond acceptors (Lipinski definition) is 4. The Hall–Kier alpha value is -1.62. The molecule has 0 saturated carbocycles. The van der Waals surface area contributed by atoms with Gasteiger partial charge in [0.15, 0.2) is 0 Å². The first-order valence-electron chi connectivity index (χ1n) is 4.75. The van der Waals surface area contributed by atoms with Gasteiger partial charge in [-0.2, -0.15) is 0 Å². The minimum absolute atomic E-state index is 0.127. The number of aliphatic carboxylic acids is 1. The molecule has 5 heteroatoms. The lowest BCUT2D eigenvalue weighted by Crippen LogP contribution is -2.18. The molecule has 0 radical (unpaired) electrons. The van der Waals surface area contributed by atoms with Crippen molar-refractivity contribution in [3.05, 3.63) is 23.8 Å². The third kappa shape index (κ3) is 5.98. The van der Waals surface area contributed by atoms with Gasteiger partial charge in [-0.25, -0.2) is 9.59 Å². The number of carboxylic acid groups (broad SMARTS) is 1. The highest BCUT2D eigenvalue weighted by Gasteiger charge is 2.09. The van der Waals surface area contributed by atoms with Crippen molar-refractivity contribution in [3.8, 4) is 0 Å². The van der Waals surface area contributed by atoms with E-state index in [0.29, 0.717) is 0 Å². The first-order chi connectivity index (χ1) is 7.34. The number of carbonyl (C=O) groups excluding carboxylic acids is 1. The number of hydrogen-bond donors (Lipinski definition) is 2. The molecule has 0 aliphatic rings. The van der Waals surface area contributed by atoms with Crippen LogP contribution in [0.2, 0.25) is 0 Å². The molecule has 0 saturated heterocycles. The molecule has 90 valence electrons. The summed E-state index contributed by atoms with van der Waals surface area (Å²) in [7, 11) is 0. The molecule has 1 atom stereocenters. The highest BCUT2D eigenvalue weighted by atomic mass is 16.5. The van der Waals surface area contributed by atoms with Crippen LogP contribution in [0.1, 0.15) is 20.3 Å². The standard InChI is InChI=1S/C11H16O5/c1-7(2)11(15)16-6-9(12)5-4-8(3)10(13)14/h4,9,12H,1,5-6H2,2-3H3,(H,13,14). The van der Waals surface area contributed by atoms with Crippen molar-refractivity contribution in [3.63, 3.8) is 0 Å². The lowest BCUT2D eigenvalue weighted by Gasteiger charge is -2.09. The number of aliphatic hydroxyl groups excluding tert-OH is 1. The number of carbonyl (C=O) groups is 2. The number of esters is 1. The maximum absolute atomic E-state index is 11.0. The van der Waals surface area contributed by atoms with Crippen molar-refractivity contribution in [2.75, 3.05) is 6.61 Å². The summed E-state index contributed by atoms with van der Waals surface area (Å²) in [6.45, 7) is 6.14. The van der Waals surface area contributed by atoms with Gasteiger partial charge in [-0.15, -0.1) is 0 Å². The Morgan fingerprint density at radius 1 is 1.44 bits per heavy atom. The van der Waals surface area contributed by atoms with E-state index in [1.165, 1.54) is 19.9 Å². The van der Waals surface area contributed by atoms with Crippen LogP contribution in [-0.2, 0) is 14.3 Å². The average molecular weight is 228 g/mol. The SMILES string of the molecule is C=C(C)C(=O)OCC(O)CC=C(C)C(=O)O. The maximum atomic E-state index is 11.0. The molecule has 0 heterocycles. The van der Waals surface area contributed by atoms with E-state index in [9.17, 15) is 14.7 Å². The third-order valence-corrected chi connectivity index (χ3v) is 1.79. The van der Waals surface area contributed by atoms with Crippen LogP contribution in [0.4, 0.5) is 0 Å². The van der Waals surface area contributed by atoms with Crippen LogP contribution in [-0.4, -0.2) is 34.9 Å². The van der Waals surface area contributed by atoms with E-state index in [2.05, 4.69) is 6.58 Å². The molecular weight excluding hydrogens is 212 g/mol. The molecule has 0 aromatic heterocycles. The fraction of sp³-hybridized carbons (Fsp3) is 0.455. The van der Waals surface area contributed by atoms with Gasteiger partial charge in [0.2, 0.25) is 0 Å². The van der Waals surface area contributed by atoms with E-state index in [-0.39, 0.29) is 24.2 Å². The molecule has 0 spiro atoms. The van der Waals surface area contributed by atoms with Gasteiger partial charge in [-0.05, 0) is 20.3 Å². The normalized spacial score (nSPS) is 13.1. The molecule has 0 fully saturated rings. The summed E-state index contributed by atoms with van der Waals surface area (Å²) in [6.07, 6.45) is 0.598. The largest absolute Gasteiger partial charge is 0.478 e. The van der Waals surface area contributed by atoms with Gasteiger partial charge < -0.3 is 14.9 Å². The molecule has 1 unspecified atom stereocenters. The molecule has 0 aliphatic heterocycles. The molecule has 0 amide bonds. The van der Waals surface area contributed by atoms with Crippen molar-refractivity contribution in [1.29, 1.82) is 0 Å². The monoisotopic (exact) mass is 228 g/mol. The Bertz CT molecular complexity index is 316. The van der Waals surface area contributed by atoms with Crippen LogP contribution in [0.3, 0.4) is 0 Å². The molecule has 0 aromatic rings. The Labute approximate surface area is 94.0 Å². The third-order valence-electron chi connectivity index (χ3n) is 1.79. The first kappa shape index (κ1) is 14.4. The fourth-order valence-electron chi connectivity index (χ4n) is 0.763. The Balaban J connectivity index is 3.97. The van der Waals surface area contributed by atoms with E-state index >= 15 is 0 Å². The van der Waals surface area contributed by atoms with Gasteiger partial charge in [0.05, 0.1) is 6.10 Å². The van der Waals surface area contributed by atoms with Crippen LogP contribution in [0.15, 0.2) is 23.8 Å². The zero-order valence-electron chi connectivity index (χ0n) is 9.40. The van der Waals surface area contributed by atoms with Crippen LogP contribution in [0.5, 0.6) is 0 Å². The van der Waals surface area contributed by atoms with Crippen LogP contribution < -0.4 is 0 Å². The number of ether oxygens (including phenoxy) is 1. The average Bonchev–Trinajstić information content (AvgIpc) is 2.21. The summed E-state index contributed by atoms with van der Waals surface area (Å²) >= 11 is 0. The minimum Gasteiger partial charge on any atom is -0.478 e. The van der Waals surface area contributed by atoms with Gasteiger partial charge in [0.25, 0.3) is 0 Å². The van der Waals surface area contributed by atoms with Crippen molar-refractivity contribution in [2.24, 2.45) is 0 Å². The van der Waals surface area contributed by atoms with Crippen molar-refractivity contribution >= 4 is 11.9 Å². The smallest absolute Gasteiger partial charge is 0.333 e. The molecule has 0 bridgehead atoms. The van der Waals surface area contributed by atoms with Gasteiger partial charge in [-0.3, -0.25) is 0 Å². The molecule has 0 aromatic carbocycles. The summed E-state index contributed by atoms with van der Waals surface area (Å²) in [5.41, 5.74) is 0.398. The van der Waals surface area contributed by atoms with E-state index in [1.807, 2.05) is 0 Å². The predicted molar refractivity (Wildman–Crippen MR) is 57.8 cm³/mol. The highest BCUT2D eigenvalue weighted by Crippen LogP contribution is 2.01. The molecule has 0 aliphatic carbocycles. The second-order valence-electron chi connectivity index (χ2n) is 3.46. The highest BCUT2D eigenvalue weighted by molar-refractivity contribution is 5.87. The Morgan fingerprint density at radius 2 is 2.00 bits per heavy atom. The lowest BCUT2D eigenvalue weighted by molar-refractivity contribution is -0.141. The summed E-state index contributed by atoms with van der Waals surface area (Å²) < 4.78 is 4.69. The lowest BCUT2D eigenvalue weighted by atomic mass is 10.2. The zero-order chi connectivity index (χ0) is 12.7. The van der Waals surface area contributed by atoms with Crippen LogP contribution >= 0.6 is 0 Å². The van der Waals surface area contributed by atoms with Crippen LogP contribution in [0, 0.1) is 0 Å². The van der Waals surface area contributed by atoms with E-state index in [0.717, 1.165) is 0 Å². The molecular formula is C11H16O5.